The number of nitrogens with zero attached hydrogens (tertiary/aromatic N) is 2. The van der Waals surface area contributed by atoms with Crippen molar-refractivity contribution in [3.63, 3.8) is 0 Å². The highest BCUT2D eigenvalue weighted by Gasteiger charge is 2.29. The van der Waals surface area contributed by atoms with Crippen LogP contribution in [0.5, 0.6) is 0 Å². The molecule has 0 radical (unpaired) electrons. The lowest BCUT2D eigenvalue weighted by molar-refractivity contribution is 0.1000. The Hall–Kier alpha value is -1.35. The van der Waals surface area contributed by atoms with Crippen LogP contribution < -0.4 is 0 Å². The maximum atomic E-state index is 11.5. The monoisotopic (exact) mass is 234 g/mol. The summed E-state index contributed by atoms with van der Waals surface area (Å²) >= 11 is 5.98. The third kappa shape index (κ3) is 1.43. The molecule has 0 N–H and O–H groups in total. The minimum absolute atomic E-state index is 0.0132. The summed E-state index contributed by atoms with van der Waals surface area (Å²) in [5.41, 5.74) is 1.82. The van der Waals surface area contributed by atoms with Crippen LogP contribution in [0, 0.1) is 0 Å². The van der Waals surface area contributed by atoms with E-state index in [0.29, 0.717) is 16.9 Å². The van der Waals surface area contributed by atoms with Crippen molar-refractivity contribution in [2.75, 3.05) is 0 Å². The third-order valence-electron chi connectivity index (χ3n) is 2.88. The van der Waals surface area contributed by atoms with E-state index in [1.54, 1.807) is 13.0 Å². The molecule has 0 saturated heterocycles. The van der Waals surface area contributed by atoms with Crippen LogP contribution in [0.25, 0.3) is 11.0 Å². The fourth-order valence-electron chi connectivity index (χ4n) is 2.02. The topological polar surface area (TPSA) is 34.9 Å². The highest BCUT2D eigenvalue weighted by molar-refractivity contribution is 6.31. The molecular weight excluding hydrogens is 224 g/mol. The number of imidazole rings is 1. The number of halogens is 1. The van der Waals surface area contributed by atoms with Crippen molar-refractivity contribution in [3.8, 4) is 0 Å². The van der Waals surface area contributed by atoms with Gasteiger partial charge in [-0.1, -0.05) is 11.6 Å². The van der Waals surface area contributed by atoms with E-state index in [2.05, 4.69) is 4.98 Å². The van der Waals surface area contributed by atoms with E-state index >= 15 is 0 Å². The number of ketones is 1. The second kappa shape index (κ2) is 3.32. The van der Waals surface area contributed by atoms with E-state index in [0.717, 1.165) is 23.9 Å². The second-order valence-corrected chi connectivity index (χ2v) is 4.66. The molecule has 1 aromatic heterocycles. The zero-order valence-corrected chi connectivity index (χ0v) is 9.66. The molecule has 0 amide bonds. The van der Waals surface area contributed by atoms with E-state index in [1.165, 1.54) is 0 Å². The average Bonchev–Trinajstić information content (AvgIpc) is 2.99. The zero-order valence-electron chi connectivity index (χ0n) is 8.90. The van der Waals surface area contributed by atoms with Crippen LogP contribution in [0.3, 0.4) is 0 Å². The number of hydrogen-bond donors (Lipinski definition) is 0. The number of Topliss-reactive ketones (excluding diaryl/α,β-unsaturated/α-hetero) is 1. The highest BCUT2D eigenvalue weighted by Crippen LogP contribution is 2.39. The molecule has 0 spiro atoms. The van der Waals surface area contributed by atoms with Gasteiger partial charge in [0, 0.05) is 18.0 Å². The van der Waals surface area contributed by atoms with Crippen molar-refractivity contribution < 1.29 is 4.79 Å². The van der Waals surface area contributed by atoms with E-state index in [-0.39, 0.29) is 5.78 Å². The summed E-state index contributed by atoms with van der Waals surface area (Å²) in [6, 6.07) is 5.98. The molecule has 1 saturated carbocycles. The summed E-state index contributed by atoms with van der Waals surface area (Å²) in [6.45, 7) is 1.56. The molecule has 1 fully saturated rings. The van der Waals surface area contributed by atoms with Gasteiger partial charge in [-0.2, -0.15) is 0 Å². The normalized spacial score (nSPS) is 15.6. The quantitative estimate of drug-likeness (QED) is 0.748. The van der Waals surface area contributed by atoms with Crippen LogP contribution in [-0.4, -0.2) is 15.3 Å². The first-order valence-corrected chi connectivity index (χ1v) is 5.73. The van der Waals surface area contributed by atoms with Crippen molar-refractivity contribution in [1.29, 1.82) is 0 Å². The number of carbonyl (C=O) groups is 1. The Morgan fingerprint density at radius 3 is 2.88 bits per heavy atom. The van der Waals surface area contributed by atoms with Crippen LogP contribution in [0.2, 0.25) is 5.02 Å². The lowest BCUT2D eigenvalue weighted by Crippen LogP contribution is -2.05. The first-order valence-electron chi connectivity index (χ1n) is 5.35. The summed E-state index contributed by atoms with van der Waals surface area (Å²) in [4.78, 5) is 15.9. The van der Waals surface area contributed by atoms with Crippen LogP contribution in [-0.2, 0) is 0 Å². The molecule has 1 aliphatic carbocycles. The molecule has 0 atom stereocenters. The van der Waals surface area contributed by atoms with Crippen LogP contribution in [0.4, 0.5) is 0 Å². The Morgan fingerprint density at radius 2 is 2.25 bits per heavy atom. The van der Waals surface area contributed by atoms with Gasteiger partial charge in [0.25, 0.3) is 0 Å². The minimum Gasteiger partial charge on any atom is -0.318 e. The smallest absolute Gasteiger partial charge is 0.195 e. The predicted octanol–water partition coefficient (Wildman–Crippen LogP) is 3.23. The molecule has 2 aromatic rings. The number of fused-ring (bicyclic) bond motifs is 1. The van der Waals surface area contributed by atoms with Crippen molar-refractivity contribution in [2.24, 2.45) is 0 Å². The van der Waals surface area contributed by atoms with Crippen LogP contribution >= 0.6 is 11.6 Å². The van der Waals surface area contributed by atoms with Crippen LogP contribution in [0.15, 0.2) is 18.2 Å². The fourth-order valence-corrected chi connectivity index (χ4v) is 2.18. The Labute approximate surface area is 98.0 Å². The molecule has 1 aromatic carbocycles. The Kier molecular flexibility index (Phi) is 2.04. The number of aromatic nitrogens is 2. The van der Waals surface area contributed by atoms with Gasteiger partial charge in [0.15, 0.2) is 11.6 Å². The summed E-state index contributed by atoms with van der Waals surface area (Å²) in [6.07, 6.45) is 2.25. The standard InChI is InChI=1S/C12H11ClN2O/c1-7(16)12-14-10-5-2-8(13)6-11(10)15(12)9-3-4-9/h2,5-6,9H,3-4H2,1H3. The van der Waals surface area contributed by atoms with Crippen molar-refractivity contribution >= 4 is 28.4 Å². The second-order valence-electron chi connectivity index (χ2n) is 4.23. The zero-order chi connectivity index (χ0) is 11.3. The van der Waals surface area contributed by atoms with Gasteiger partial charge in [0.1, 0.15) is 0 Å². The van der Waals surface area contributed by atoms with E-state index in [9.17, 15) is 4.79 Å². The molecular formula is C12H11ClN2O. The first kappa shape index (κ1) is 9.85. The number of hydrogen-bond acceptors (Lipinski definition) is 2. The molecule has 82 valence electrons. The van der Waals surface area contributed by atoms with Crippen LogP contribution in [0.1, 0.15) is 36.4 Å². The van der Waals surface area contributed by atoms with Gasteiger partial charge in [0.05, 0.1) is 11.0 Å². The number of rotatable bonds is 2. The van der Waals surface area contributed by atoms with Crippen molar-refractivity contribution in [3.05, 3.63) is 29.0 Å². The fraction of sp³-hybridized carbons (Fsp3) is 0.333. The Morgan fingerprint density at radius 1 is 1.50 bits per heavy atom. The van der Waals surface area contributed by atoms with Gasteiger partial charge < -0.3 is 4.57 Å². The number of benzene rings is 1. The maximum absolute atomic E-state index is 11.5. The van der Waals surface area contributed by atoms with Gasteiger partial charge in [0.2, 0.25) is 0 Å². The first-order chi connectivity index (χ1) is 7.66. The highest BCUT2D eigenvalue weighted by atomic mass is 35.5. The van der Waals surface area contributed by atoms with Gasteiger partial charge in [-0.25, -0.2) is 4.98 Å². The third-order valence-corrected chi connectivity index (χ3v) is 3.11. The van der Waals surface area contributed by atoms with E-state index in [1.807, 2.05) is 16.7 Å². The van der Waals surface area contributed by atoms with Gasteiger partial charge in [-0.15, -0.1) is 0 Å². The molecule has 3 nitrogen and oxygen atoms in total. The van der Waals surface area contributed by atoms with Gasteiger partial charge in [-0.05, 0) is 31.0 Å². The molecule has 4 heteroatoms. The van der Waals surface area contributed by atoms with E-state index in [4.69, 9.17) is 11.6 Å². The molecule has 3 rings (SSSR count). The Balaban J connectivity index is 2.33. The molecule has 0 unspecified atom stereocenters. The Bertz CT molecular complexity index is 584. The van der Waals surface area contributed by atoms with Crippen molar-refractivity contribution in [2.45, 2.75) is 25.8 Å². The lowest BCUT2D eigenvalue weighted by atomic mass is 10.3. The minimum atomic E-state index is 0.0132. The van der Waals surface area contributed by atoms with Gasteiger partial charge >= 0.3 is 0 Å². The number of carbonyl (C=O) groups excluding carboxylic acids is 1. The van der Waals surface area contributed by atoms with E-state index < -0.39 is 0 Å². The molecule has 1 heterocycles. The molecule has 0 aliphatic heterocycles. The summed E-state index contributed by atoms with van der Waals surface area (Å²) in [7, 11) is 0. The predicted molar refractivity (Wildman–Crippen MR) is 63.0 cm³/mol. The maximum Gasteiger partial charge on any atom is 0.195 e. The molecule has 16 heavy (non-hydrogen) atoms. The summed E-state index contributed by atoms with van der Waals surface area (Å²) in [5, 5.41) is 0.685. The lowest BCUT2D eigenvalue weighted by Gasteiger charge is -2.04. The van der Waals surface area contributed by atoms with Gasteiger partial charge in [-0.3, -0.25) is 4.79 Å². The molecule has 0 bridgehead atoms. The van der Waals surface area contributed by atoms with Crippen molar-refractivity contribution in [1.82, 2.24) is 9.55 Å². The molecule has 1 aliphatic rings. The summed E-state index contributed by atoms with van der Waals surface area (Å²) in [5.74, 6) is 0.569. The summed E-state index contributed by atoms with van der Waals surface area (Å²) < 4.78 is 2.03. The SMILES string of the molecule is CC(=O)c1nc2ccc(Cl)cc2n1C1CC1. The average molecular weight is 235 g/mol. The largest absolute Gasteiger partial charge is 0.318 e.